The van der Waals surface area contributed by atoms with Crippen molar-refractivity contribution in [3.05, 3.63) is 10.6 Å². The molecule has 0 bridgehead atoms. The number of aldehydes is 1. The van der Waals surface area contributed by atoms with Gasteiger partial charge in [0, 0.05) is 12.6 Å². The quantitative estimate of drug-likeness (QED) is 0.776. The Morgan fingerprint density at radius 3 is 2.83 bits per heavy atom. The first-order valence-corrected chi connectivity index (χ1v) is 7.71. The summed E-state index contributed by atoms with van der Waals surface area (Å²) >= 11 is 1.56. The molecule has 0 aliphatic carbocycles. The zero-order valence-corrected chi connectivity index (χ0v) is 12.3. The Balaban J connectivity index is 2.29. The van der Waals surface area contributed by atoms with Gasteiger partial charge in [0.05, 0.1) is 10.6 Å². The maximum atomic E-state index is 11.1. The lowest BCUT2D eigenvalue weighted by atomic mass is 10.0. The van der Waals surface area contributed by atoms with Gasteiger partial charge in [0.25, 0.3) is 0 Å². The largest absolute Gasteiger partial charge is 0.345 e. The van der Waals surface area contributed by atoms with Gasteiger partial charge in [0.2, 0.25) is 0 Å². The minimum atomic E-state index is 0.320. The van der Waals surface area contributed by atoms with Crippen LogP contribution in [0.25, 0.3) is 0 Å². The lowest BCUT2D eigenvalue weighted by Crippen LogP contribution is -2.39. The normalized spacial score (nSPS) is 20.4. The smallest absolute Gasteiger partial charge is 0.186 e. The van der Waals surface area contributed by atoms with Crippen molar-refractivity contribution in [2.24, 2.45) is 0 Å². The molecule has 1 aromatic rings. The molecule has 0 aromatic carbocycles. The van der Waals surface area contributed by atoms with Gasteiger partial charge < -0.3 is 4.90 Å². The lowest BCUT2D eigenvalue weighted by Gasteiger charge is -2.35. The van der Waals surface area contributed by atoms with Crippen LogP contribution < -0.4 is 4.90 Å². The molecule has 100 valence electrons. The van der Waals surface area contributed by atoms with Crippen molar-refractivity contribution >= 4 is 22.8 Å². The van der Waals surface area contributed by atoms with Gasteiger partial charge in [-0.25, -0.2) is 4.98 Å². The molecule has 0 N–H and O–H groups in total. The molecule has 3 nitrogen and oxygen atoms in total. The third kappa shape index (κ3) is 2.58. The first-order chi connectivity index (χ1) is 8.67. The van der Waals surface area contributed by atoms with Crippen LogP contribution in [0.2, 0.25) is 0 Å². The number of aromatic nitrogens is 1. The monoisotopic (exact) mass is 266 g/mol. The summed E-state index contributed by atoms with van der Waals surface area (Å²) in [6, 6.07) is 0.601. The Morgan fingerprint density at radius 1 is 1.50 bits per heavy atom. The Hall–Kier alpha value is -0.900. The van der Waals surface area contributed by atoms with Crippen molar-refractivity contribution in [3.8, 4) is 0 Å². The molecule has 1 aromatic heterocycles. The van der Waals surface area contributed by atoms with Crippen molar-refractivity contribution in [2.45, 2.75) is 58.4 Å². The molecule has 1 fully saturated rings. The molecule has 18 heavy (non-hydrogen) atoms. The fraction of sp³-hybridized carbons (Fsp3) is 0.714. The summed E-state index contributed by atoms with van der Waals surface area (Å²) in [6.45, 7) is 7.51. The second kappa shape index (κ2) is 5.83. The van der Waals surface area contributed by atoms with Crippen LogP contribution in [0.3, 0.4) is 0 Å². The molecule has 0 radical (unpaired) electrons. The van der Waals surface area contributed by atoms with E-state index >= 15 is 0 Å². The molecule has 1 saturated heterocycles. The molecule has 2 rings (SSSR count). The summed E-state index contributed by atoms with van der Waals surface area (Å²) in [5, 5.41) is 1.05. The maximum absolute atomic E-state index is 11.1. The average molecular weight is 266 g/mol. The second-order valence-electron chi connectivity index (χ2n) is 5.27. The van der Waals surface area contributed by atoms with Crippen LogP contribution in [0.5, 0.6) is 0 Å². The Bertz CT molecular complexity index is 414. The number of anilines is 1. The zero-order chi connectivity index (χ0) is 13.1. The summed E-state index contributed by atoms with van der Waals surface area (Å²) in [5.74, 6) is 0.320. The van der Waals surface area contributed by atoms with Crippen LogP contribution in [-0.4, -0.2) is 23.9 Å². The summed E-state index contributed by atoms with van der Waals surface area (Å²) in [4.78, 5) is 19.1. The highest BCUT2D eigenvalue weighted by molar-refractivity contribution is 7.17. The fourth-order valence-electron chi connectivity index (χ4n) is 2.63. The molecule has 0 saturated carbocycles. The van der Waals surface area contributed by atoms with Crippen LogP contribution in [0.15, 0.2) is 0 Å². The molecular weight excluding hydrogens is 244 g/mol. The van der Waals surface area contributed by atoms with E-state index in [1.165, 1.54) is 19.3 Å². The van der Waals surface area contributed by atoms with Gasteiger partial charge in [-0.3, -0.25) is 4.79 Å². The third-order valence-corrected chi connectivity index (χ3v) is 4.70. The Morgan fingerprint density at radius 2 is 2.28 bits per heavy atom. The van der Waals surface area contributed by atoms with Gasteiger partial charge in [-0.05, 0) is 31.6 Å². The highest BCUT2D eigenvalue weighted by atomic mass is 32.1. The molecule has 4 heteroatoms. The van der Waals surface area contributed by atoms with E-state index in [0.29, 0.717) is 12.0 Å². The van der Waals surface area contributed by atoms with Crippen molar-refractivity contribution < 1.29 is 4.79 Å². The van der Waals surface area contributed by atoms with E-state index in [2.05, 4.69) is 25.7 Å². The van der Waals surface area contributed by atoms with Crippen molar-refractivity contribution in [2.75, 3.05) is 11.4 Å². The fourth-order valence-corrected chi connectivity index (χ4v) is 3.76. The predicted octanol–water partition coefficient (Wildman–Crippen LogP) is 3.85. The number of carbonyl (C=O) groups is 1. The number of hydrogen-bond donors (Lipinski definition) is 0. The molecule has 1 aliphatic heterocycles. The van der Waals surface area contributed by atoms with Crippen LogP contribution in [-0.2, 0) is 0 Å². The minimum absolute atomic E-state index is 0.320. The third-order valence-electron chi connectivity index (χ3n) is 3.67. The minimum Gasteiger partial charge on any atom is -0.345 e. The van der Waals surface area contributed by atoms with Crippen LogP contribution in [0.1, 0.15) is 67.7 Å². The van der Waals surface area contributed by atoms with E-state index < -0.39 is 0 Å². The van der Waals surface area contributed by atoms with E-state index in [4.69, 9.17) is 4.98 Å². The first kappa shape index (κ1) is 13.5. The van der Waals surface area contributed by atoms with E-state index in [1.54, 1.807) is 11.3 Å². The second-order valence-corrected chi connectivity index (χ2v) is 6.28. The molecule has 2 heterocycles. The predicted molar refractivity (Wildman–Crippen MR) is 76.9 cm³/mol. The van der Waals surface area contributed by atoms with Gasteiger partial charge in [-0.2, -0.15) is 0 Å². The molecule has 0 amide bonds. The summed E-state index contributed by atoms with van der Waals surface area (Å²) in [6.07, 6.45) is 5.93. The number of rotatable bonds is 4. The van der Waals surface area contributed by atoms with Gasteiger partial charge in [-0.1, -0.05) is 32.1 Å². The number of nitrogens with zero attached hydrogens (tertiary/aromatic N) is 2. The van der Waals surface area contributed by atoms with Crippen LogP contribution >= 0.6 is 11.3 Å². The summed E-state index contributed by atoms with van der Waals surface area (Å²) in [5.41, 5.74) is 0.963. The Kier molecular flexibility index (Phi) is 4.38. The number of hydrogen-bond acceptors (Lipinski definition) is 4. The van der Waals surface area contributed by atoms with Crippen molar-refractivity contribution in [1.29, 1.82) is 0 Å². The zero-order valence-electron chi connectivity index (χ0n) is 11.5. The summed E-state index contributed by atoms with van der Waals surface area (Å²) in [7, 11) is 0. The standard InChI is InChI=1S/C14H22N2OS/c1-4-11-7-5-6-8-16(11)14-15-13(10(2)3)12(9-17)18-14/h9-11H,4-8H2,1-3H3. The van der Waals surface area contributed by atoms with E-state index in [1.807, 2.05) is 0 Å². The van der Waals surface area contributed by atoms with Crippen LogP contribution in [0, 0.1) is 0 Å². The van der Waals surface area contributed by atoms with Crippen molar-refractivity contribution in [3.63, 3.8) is 0 Å². The van der Waals surface area contributed by atoms with Gasteiger partial charge >= 0.3 is 0 Å². The van der Waals surface area contributed by atoms with E-state index in [0.717, 1.165) is 35.0 Å². The van der Waals surface area contributed by atoms with Gasteiger partial charge in [0.1, 0.15) is 0 Å². The number of piperidine rings is 1. The van der Waals surface area contributed by atoms with Crippen molar-refractivity contribution in [1.82, 2.24) is 4.98 Å². The number of carbonyl (C=O) groups excluding carboxylic acids is 1. The van der Waals surface area contributed by atoms with Crippen LogP contribution in [0.4, 0.5) is 5.13 Å². The maximum Gasteiger partial charge on any atom is 0.186 e. The highest BCUT2D eigenvalue weighted by Crippen LogP contribution is 2.33. The average Bonchev–Trinajstić information content (AvgIpc) is 2.82. The first-order valence-electron chi connectivity index (χ1n) is 6.89. The molecule has 0 spiro atoms. The lowest BCUT2D eigenvalue weighted by molar-refractivity contribution is 0.112. The molecule has 1 aliphatic rings. The number of thiazole rings is 1. The SMILES string of the molecule is CCC1CCCCN1c1nc(C(C)C)c(C=O)s1. The molecular formula is C14H22N2OS. The molecule has 1 unspecified atom stereocenters. The highest BCUT2D eigenvalue weighted by Gasteiger charge is 2.25. The van der Waals surface area contributed by atoms with Gasteiger partial charge in [-0.15, -0.1) is 0 Å². The van der Waals surface area contributed by atoms with E-state index in [-0.39, 0.29) is 0 Å². The van der Waals surface area contributed by atoms with Gasteiger partial charge in [0.15, 0.2) is 11.4 Å². The molecule has 1 atom stereocenters. The topological polar surface area (TPSA) is 33.2 Å². The summed E-state index contributed by atoms with van der Waals surface area (Å²) < 4.78 is 0. The Labute approximate surface area is 113 Å². The van der Waals surface area contributed by atoms with E-state index in [9.17, 15) is 4.79 Å².